The van der Waals surface area contributed by atoms with E-state index in [0.29, 0.717) is 13.0 Å². The molecule has 0 unspecified atom stereocenters. The van der Waals surface area contributed by atoms with Crippen LogP contribution in [0.5, 0.6) is 0 Å². The smallest absolute Gasteiger partial charge is 0.308 e. The number of ether oxygens (including phenoxy) is 3. The number of benzene rings is 1. The van der Waals surface area contributed by atoms with Crippen molar-refractivity contribution in [2.45, 2.75) is 170 Å². The fraction of sp³-hybridized carbons (Fsp3) is 0.659. The fourth-order valence-corrected chi connectivity index (χ4v) is 8.48. The highest BCUT2D eigenvalue weighted by molar-refractivity contribution is 7.09. The molecule has 0 amide bonds. The summed E-state index contributed by atoms with van der Waals surface area (Å²) in [4.78, 5) is 29.5. The highest BCUT2D eigenvalue weighted by atomic mass is 32.1. The maximum Gasteiger partial charge on any atom is 0.308 e. The average Bonchev–Trinajstić information content (AvgIpc) is 3.48. The van der Waals surface area contributed by atoms with Crippen LogP contribution >= 0.6 is 11.3 Å². The van der Waals surface area contributed by atoms with Crippen molar-refractivity contribution >= 4 is 37.7 Å². The van der Waals surface area contributed by atoms with Gasteiger partial charge in [-0.15, -0.1) is 11.3 Å². The first-order valence-corrected chi connectivity index (χ1v) is 23.5. The summed E-state index contributed by atoms with van der Waals surface area (Å²) in [6.45, 7) is 28.7. The number of unbranched alkanes of at least 4 members (excludes halogenated alkanes) is 1. The molecule has 8 nitrogen and oxygen atoms in total. The molecule has 2 aromatic rings. The zero-order valence-electron chi connectivity index (χ0n) is 35.7. The molecule has 1 N–H and O–H groups in total. The first-order valence-electron chi connectivity index (χ1n) is 19.7. The number of aryl methyl sites for hydroxylation is 1. The van der Waals surface area contributed by atoms with Crippen molar-refractivity contribution in [2.75, 3.05) is 0 Å². The molecular formula is C44H71NO7SSi. The lowest BCUT2D eigenvalue weighted by Crippen LogP contribution is -2.54. The Kier molecular flexibility index (Phi) is 19.0. The van der Waals surface area contributed by atoms with E-state index in [2.05, 4.69) is 77.0 Å². The summed E-state index contributed by atoms with van der Waals surface area (Å²) in [7, 11) is -2.33. The van der Waals surface area contributed by atoms with Crippen molar-refractivity contribution in [3.05, 3.63) is 69.7 Å². The molecule has 6 atom stereocenters. The minimum atomic E-state index is -2.33. The lowest BCUT2D eigenvalue weighted by Gasteiger charge is -2.48. The second kappa shape index (κ2) is 21.6. The number of carbonyl (C=O) groups excluding carboxylic acids is 2. The minimum absolute atomic E-state index is 0.0665. The van der Waals surface area contributed by atoms with Gasteiger partial charge in [0.25, 0.3) is 0 Å². The van der Waals surface area contributed by atoms with Gasteiger partial charge in [0.15, 0.2) is 8.32 Å². The van der Waals surface area contributed by atoms with Crippen LogP contribution in [0.2, 0.25) is 18.1 Å². The van der Waals surface area contributed by atoms with Crippen LogP contribution in [0, 0.1) is 24.2 Å². The maximum atomic E-state index is 13.1. The second-order valence-electron chi connectivity index (χ2n) is 17.4. The topological polar surface area (TPSA) is 104 Å². The molecule has 0 spiro atoms. The van der Waals surface area contributed by atoms with Gasteiger partial charge in [0, 0.05) is 30.1 Å². The highest BCUT2D eigenvalue weighted by Gasteiger charge is 2.48. The number of allylic oxidation sites excluding steroid dienone is 1. The van der Waals surface area contributed by atoms with Gasteiger partial charge in [-0.2, -0.15) is 0 Å². The average molecular weight is 786 g/mol. The van der Waals surface area contributed by atoms with Crippen molar-refractivity contribution in [1.82, 2.24) is 4.98 Å². The van der Waals surface area contributed by atoms with Crippen molar-refractivity contribution in [1.29, 1.82) is 0 Å². The van der Waals surface area contributed by atoms with Crippen molar-refractivity contribution < 1.29 is 33.3 Å². The van der Waals surface area contributed by atoms with Crippen LogP contribution in [0.25, 0.3) is 6.08 Å². The fourth-order valence-electron chi connectivity index (χ4n) is 6.46. The van der Waals surface area contributed by atoms with Gasteiger partial charge < -0.3 is 23.7 Å². The number of thiazole rings is 1. The molecule has 0 fully saturated rings. The molecule has 1 aromatic carbocycles. The number of rotatable bonds is 22. The molecule has 304 valence electrons. The number of hydrogen-bond acceptors (Lipinski definition) is 9. The van der Waals surface area contributed by atoms with Gasteiger partial charge in [0.2, 0.25) is 0 Å². The number of carbonyl (C=O) groups is 2. The Morgan fingerprint density at radius 2 is 1.63 bits per heavy atom. The van der Waals surface area contributed by atoms with Crippen molar-refractivity contribution in [3.63, 3.8) is 0 Å². The number of aliphatic hydroxyl groups is 1. The van der Waals surface area contributed by atoms with Gasteiger partial charge >= 0.3 is 11.9 Å². The van der Waals surface area contributed by atoms with Crippen molar-refractivity contribution in [3.8, 4) is 0 Å². The Labute approximate surface area is 332 Å². The van der Waals surface area contributed by atoms with E-state index in [9.17, 15) is 14.7 Å². The number of hydrogen-bond donors (Lipinski definition) is 1. The van der Waals surface area contributed by atoms with Gasteiger partial charge in [-0.25, -0.2) is 4.98 Å². The van der Waals surface area contributed by atoms with E-state index in [0.717, 1.165) is 41.1 Å². The van der Waals surface area contributed by atoms with Crippen LogP contribution in [0.1, 0.15) is 125 Å². The van der Waals surface area contributed by atoms with Gasteiger partial charge in [0.05, 0.1) is 48.1 Å². The molecule has 0 bridgehead atoms. The molecule has 0 aliphatic heterocycles. The molecule has 1 aromatic heterocycles. The van der Waals surface area contributed by atoms with E-state index in [1.54, 1.807) is 11.3 Å². The van der Waals surface area contributed by atoms with E-state index in [4.69, 9.17) is 18.6 Å². The third kappa shape index (κ3) is 15.5. The quantitative estimate of drug-likeness (QED) is 0.0545. The normalized spacial score (nSPS) is 16.6. The molecule has 0 aliphatic carbocycles. The minimum Gasteiger partial charge on any atom is -0.463 e. The van der Waals surface area contributed by atoms with Crippen molar-refractivity contribution in [2.24, 2.45) is 17.3 Å². The summed E-state index contributed by atoms with van der Waals surface area (Å²) < 4.78 is 24.9. The molecule has 0 saturated heterocycles. The lowest BCUT2D eigenvalue weighted by atomic mass is 9.71. The van der Waals surface area contributed by atoms with Crippen LogP contribution in [0.4, 0.5) is 0 Å². The Hall–Kier alpha value is -2.63. The number of nitrogens with zero attached hydrogens (tertiary/aromatic N) is 1. The summed E-state index contributed by atoms with van der Waals surface area (Å²) in [6.07, 6.45) is 7.35. The van der Waals surface area contributed by atoms with E-state index in [1.807, 2.05) is 71.2 Å². The first kappa shape index (κ1) is 47.5. The predicted molar refractivity (Wildman–Crippen MR) is 225 cm³/mol. The summed E-state index contributed by atoms with van der Waals surface area (Å²) in [5, 5.41) is 15.2. The van der Waals surface area contributed by atoms with Gasteiger partial charge in [-0.3, -0.25) is 9.59 Å². The third-order valence-corrected chi connectivity index (χ3v) is 16.1. The van der Waals surface area contributed by atoms with E-state index in [-0.39, 0.29) is 53.5 Å². The van der Waals surface area contributed by atoms with E-state index < -0.39 is 25.9 Å². The maximum absolute atomic E-state index is 13.1. The lowest BCUT2D eigenvalue weighted by molar-refractivity contribution is -0.156. The van der Waals surface area contributed by atoms with Gasteiger partial charge in [-0.1, -0.05) is 91.0 Å². The third-order valence-electron chi connectivity index (χ3n) is 10.8. The zero-order valence-corrected chi connectivity index (χ0v) is 37.5. The second-order valence-corrected chi connectivity index (χ2v) is 23.2. The molecule has 10 heteroatoms. The van der Waals surface area contributed by atoms with Crippen LogP contribution in [0.15, 0.2) is 53.4 Å². The molecule has 0 aliphatic rings. The monoisotopic (exact) mass is 785 g/mol. The van der Waals surface area contributed by atoms with Crippen LogP contribution in [-0.4, -0.2) is 60.9 Å². The number of aliphatic hydroxyl groups excluding tert-OH is 1. The van der Waals surface area contributed by atoms with E-state index >= 15 is 0 Å². The molecule has 54 heavy (non-hydrogen) atoms. The summed E-state index contributed by atoms with van der Waals surface area (Å²) >= 11 is 1.59. The van der Waals surface area contributed by atoms with Crippen LogP contribution in [0.3, 0.4) is 0 Å². The largest absolute Gasteiger partial charge is 0.463 e. The Bertz CT molecular complexity index is 1490. The summed E-state index contributed by atoms with van der Waals surface area (Å²) in [5.74, 6) is -0.755. The van der Waals surface area contributed by atoms with E-state index in [1.165, 1.54) is 6.92 Å². The standard InChI is InChI=1S/C44H71NO7SSi/c1-30(2)50-40(47)27-39(52-54(13,14)43(8,9)10)44(11,12)42(48)33(5)41(49-28-36-23-19-17-20-24-36)31(3)22-18-15-16-21-25-38(51-35(7)46)32(4)26-37-29-53-34(6)45-37/h16-17,19-21,23-24,26,29-31,33,38-39,41-42,48H,15,18,22,25,27-28H2,1-14H3/b21-16-,32-26+/t31-,33-,38-,39-,41-,42+/m0/s1. The SMILES string of the molecule is CC(=O)O[C@@H](C/C=C\CCC[C@H](C)[C@H](OCc1ccccc1)[C@H](C)[C@@H](O)C(C)(C)[C@H](CC(=O)OC(C)C)O[Si](C)(C)C(C)(C)C)/C(C)=C/c1csc(C)n1. The molecule has 2 rings (SSSR count). The number of aromatic nitrogens is 1. The molecule has 0 radical (unpaired) electrons. The first-order chi connectivity index (χ1) is 25.0. The Morgan fingerprint density at radius 1 is 0.981 bits per heavy atom. The van der Waals surface area contributed by atoms with Gasteiger partial charge in [-0.05, 0) is 88.2 Å². The van der Waals surface area contributed by atoms with Crippen LogP contribution in [-0.2, 0) is 34.8 Å². The Morgan fingerprint density at radius 3 is 2.19 bits per heavy atom. The zero-order chi connectivity index (χ0) is 40.9. The Balaban J connectivity index is 2.24. The predicted octanol–water partition coefficient (Wildman–Crippen LogP) is 10.9. The molecule has 0 saturated carbocycles. The molecule has 1 heterocycles. The highest BCUT2D eigenvalue weighted by Crippen LogP contribution is 2.43. The summed E-state index contributed by atoms with van der Waals surface area (Å²) in [5.41, 5.74) is 2.12. The van der Waals surface area contributed by atoms with Crippen LogP contribution < -0.4 is 0 Å². The number of esters is 2. The summed E-state index contributed by atoms with van der Waals surface area (Å²) in [6, 6.07) is 10.1. The molecular weight excluding hydrogens is 715 g/mol. The van der Waals surface area contributed by atoms with Gasteiger partial charge in [0.1, 0.15) is 6.10 Å².